The standard InChI is InChI=1S/C22H21ClFN7O2/c1-25-21(32)15-2-3-17(20(23)27-15)30-6-4-29(5-7-30)11-13-8-14(24)19-16(9-13)28-22(33)18-10-26-12-31(18)19/h2-3,8-10,12H,4-7,11H2,1H3,(H,25,32)(H,28,33). The lowest BCUT2D eigenvalue weighted by molar-refractivity contribution is 0.0958. The number of carbonyl (C=O) groups excluding carboxylic acids is 1. The lowest BCUT2D eigenvalue weighted by atomic mass is 10.1. The van der Waals surface area contributed by atoms with E-state index in [-0.39, 0.29) is 22.3 Å². The number of hydrogen-bond acceptors (Lipinski definition) is 6. The van der Waals surface area contributed by atoms with Gasteiger partial charge in [0.05, 0.1) is 23.7 Å². The van der Waals surface area contributed by atoms with E-state index < -0.39 is 5.82 Å². The van der Waals surface area contributed by atoms with Crippen LogP contribution >= 0.6 is 11.6 Å². The molecule has 4 aromatic rings. The Kier molecular flexibility index (Phi) is 5.47. The zero-order valence-electron chi connectivity index (χ0n) is 17.8. The molecule has 0 unspecified atom stereocenters. The molecule has 1 amide bonds. The monoisotopic (exact) mass is 469 g/mol. The minimum atomic E-state index is -0.408. The number of rotatable bonds is 4. The summed E-state index contributed by atoms with van der Waals surface area (Å²) in [5.41, 5.74) is 2.57. The van der Waals surface area contributed by atoms with Crippen molar-refractivity contribution in [2.45, 2.75) is 6.54 Å². The number of fused-ring (bicyclic) bond motifs is 3. The lowest BCUT2D eigenvalue weighted by Crippen LogP contribution is -2.46. The Hall–Kier alpha value is -3.50. The maximum Gasteiger partial charge on any atom is 0.274 e. The van der Waals surface area contributed by atoms with Gasteiger partial charge in [-0.25, -0.2) is 14.4 Å². The van der Waals surface area contributed by atoms with Crippen molar-refractivity contribution in [1.29, 1.82) is 0 Å². The molecule has 0 radical (unpaired) electrons. The molecule has 1 fully saturated rings. The summed E-state index contributed by atoms with van der Waals surface area (Å²) in [4.78, 5) is 39.2. The zero-order chi connectivity index (χ0) is 23.1. The van der Waals surface area contributed by atoms with Gasteiger partial charge in [0, 0.05) is 39.8 Å². The number of H-pyrrole nitrogens is 1. The average molecular weight is 470 g/mol. The third-order valence-corrected chi connectivity index (χ3v) is 6.17. The smallest absolute Gasteiger partial charge is 0.274 e. The van der Waals surface area contributed by atoms with Crippen LogP contribution < -0.4 is 15.8 Å². The summed E-state index contributed by atoms with van der Waals surface area (Å²) < 4.78 is 16.4. The highest BCUT2D eigenvalue weighted by Crippen LogP contribution is 2.26. The van der Waals surface area contributed by atoms with Gasteiger partial charge in [-0.05, 0) is 29.8 Å². The van der Waals surface area contributed by atoms with Crippen LogP contribution in [0.1, 0.15) is 16.1 Å². The predicted octanol–water partition coefficient (Wildman–Crippen LogP) is 2.05. The maximum absolute atomic E-state index is 14.9. The van der Waals surface area contributed by atoms with E-state index in [2.05, 4.69) is 30.1 Å². The Morgan fingerprint density at radius 1 is 1.24 bits per heavy atom. The molecule has 5 rings (SSSR count). The van der Waals surface area contributed by atoms with Crippen LogP contribution in [0.5, 0.6) is 0 Å². The van der Waals surface area contributed by atoms with Crippen molar-refractivity contribution in [2.24, 2.45) is 0 Å². The lowest BCUT2D eigenvalue weighted by Gasteiger charge is -2.36. The van der Waals surface area contributed by atoms with E-state index in [1.807, 2.05) is 12.1 Å². The molecule has 11 heteroatoms. The normalized spacial score (nSPS) is 14.8. The highest BCUT2D eigenvalue weighted by Gasteiger charge is 2.21. The summed E-state index contributed by atoms with van der Waals surface area (Å²) in [5, 5.41) is 2.82. The van der Waals surface area contributed by atoms with Gasteiger partial charge in [0.15, 0.2) is 5.15 Å². The van der Waals surface area contributed by atoms with E-state index in [9.17, 15) is 14.0 Å². The van der Waals surface area contributed by atoms with E-state index in [1.54, 1.807) is 13.1 Å². The number of pyridine rings is 1. The van der Waals surface area contributed by atoms with Crippen molar-refractivity contribution in [2.75, 3.05) is 38.1 Å². The van der Waals surface area contributed by atoms with E-state index >= 15 is 0 Å². The molecular weight excluding hydrogens is 449 g/mol. The Balaban J connectivity index is 1.31. The fraction of sp³-hybridized carbons (Fsp3) is 0.273. The largest absolute Gasteiger partial charge is 0.366 e. The van der Waals surface area contributed by atoms with Crippen LogP contribution in [0.3, 0.4) is 0 Å². The third-order valence-electron chi connectivity index (χ3n) is 5.89. The van der Waals surface area contributed by atoms with Gasteiger partial charge in [-0.15, -0.1) is 0 Å². The number of amides is 1. The fourth-order valence-electron chi connectivity index (χ4n) is 4.24. The van der Waals surface area contributed by atoms with Gasteiger partial charge < -0.3 is 15.2 Å². The molecular formula is C22H21ClFN7O2. The van der Waals surface area contributed by atoms with Crippen molar-refractivity contribution in [3.8, 4) is 0 Å². The second-order valence-corrected chi connectivity index (χ2v) is 8.28. The van der Waals surface area contributed by atoms with Crippen molar-refractivity contribution in [3.63, 3.8) is 0 Å². The first-order valence-corrected chi connectivity index (χ1v) is 10.8. The SMILES string of the molecule is CNC(=O)c1ccc(N2CCN(Cc3cc(F)c4c(c3)[nH]c(=O)c3cncn34)CC2)c(Cl)n1. The first kappa shape index (κ1) is 21.4. The van der Waals surface area contributed by atoms with Crippen LogP contribution in [0.2, 0.25) is 5.15 Å². The molecule has 0 atom stereocenters. The summed E-state index contributed by atoms with van der Waals surface area (Å²) >= 11 is 6.33. The van der Waals surface area contributed by atoms with Gasteiger partial charge >= 0.3 is 0 Å². The van der Waals surface area contributed by atoms with E-state index in [0.29, 0.717) is 36.2 Å². The van der Waals surface area contributed by atoms with Crippen LogP contribution in [0.15, 0.2) is 41.6 Å². The molecule has 33 heavy (non-hydrogen) atoms. The number of nitrogens with zero attached hydrogens (tertiary/aromatic N) is 5. The Morgan fingerprint density at radius 2 is 2.03 bits per heavy atom. The van der Waals surface area contributed by atoms with Gasteiger partial charge in [-0.3, -0.25) is 18.9 Å². The molecule has 0 saturated carbocycles. The molecule has 170 valence electrons. The molecule has 1 saturated heterocycles. The molecule has 1 aromatic carbocycles. The van der Waals surface area contributed by atoms with Gasteiger partial charge in [0.25, 0.3) is 11.5 Å². The van der Waals surface area contributed by atoms with Crippen LogP contribution in [0, 0.1) is 5.82 Å². The van der Waals surface area contributed by atoms with E-state index in [0.717, 1.165) is 24.3 Å². The third kappa shape index (κ3) is 3.91. The summed E-state index contributed by atoms with van der Waals surface area (Å²) in [5.74, 6) is -0.694. The second kappa shape index (κ2) is 8.45. The number of halogens is 2. The van der Waals surface area contributed by atoms with Crippen LogP contribution in [0.25, 0.3) is 16.6 Å². The van der Waals surface area contributed by atoms with Crippen molar-refractivity contribution in [3.05, 3.63) is 69.4 Å². The molecule has 0 aliphatic carbocycles. The minimum absolute atomic E-state index is 0.272. The van der Waals surface area contributed by atoms with Crippen LogP contribution in [-0.2, 0) is 6.54 Å². The summed E-state index contributed by atoms with van der Waals surface area (Å²) in [6, 6.07) is 6.78. The van der Waals surface area contributed by atoms with E-state index in [1.165, 1.54) is 23.0 Å². The topological polar surface area (TPSA) is 98.6 Å². The predicted molar refractivity (Wildman–Crippen MR) is 123 cm³/mol. The average Bonchev–Trinajstić information content (AvgIpc) is 3.29. The Bertz CT molecular complexity index is 1430. The molecule has 0 bridgehead atoms. The number of anilines is 1. The highest BCUT2D eigenvalue weighted by atomic mass is 35.5. The highest BCUT2D eigenvalue weighted by molar-refractivity contribution is 6.32. The number of hydrogen-bond donors (Lipinski definition) is 2. The first-order valence-electron chi connectivity index (χ1n) is 10.5. The number of piperazine rings is 1. The number of aromatic amines is 1. The molecule has 0 spiro atoms. The number of carbonyl (C=O) groups is 1. The van der Waals surface area contributed by atoms with Gasteiger partial charge in [-0.2, -0.15) is 0 Å². The fourth-order valence-corrected chi connectivity index (χ4v) is 4.51. The van der Waals surface area contributed by atoms with Gasteiger partial charge in [0.1, 0.15) is 22.5 Å². The quantitative estimate of drug-likeness (QED) is 0.444. The molecule has 1 aliphatic rings. The molecule has 2 N–H and O–H groups in total. The number of nitrogens with one attached hydrogen (secondary N) is 2. The molecule has 4 heterocycles. The van der Waals surface area contributed by atoms with Crippen LogP contribution in [0.4, 0.5) is 10.1 Å². The number of aromatic nitrogens is 4. The van der Waals surface area contributed by atoms with Crippen molar-refractivity contribution >= 4 is 39.7 Å². The van der Waals surface area contributed by atoms with Crippen LogP contribution in [-0.4, -0.2) is 63.4 Å². The Labute approximate surface area is 192 Å². The van der Waals surface area contributed by atoms with Crippen molar-refractivity contribution < 1.29 is 9.18 Å². The first-order chi connectivity index (χ1) is 15.9. The van der Waals surface area contributed by atoms with Gasteiger partial charge in [-0.1, -0.05) is 11.6 Å². The summed E-state index contributed by atoms with van der Waals surface area (Å²) in [7, 11) is 1.54. The minimum Gasteiger partial charge on any atom is -0.366 e. The van der Waals surface area contributed by atoms with Gasteiger partial charge in [0.2, 0.25) is 0 Å². The molecule has 1 aliphatic heterocycles. The summed E-state index contributed by atoms with van der Waals surface area (Å²) in [6.07, 6.45) is 2.86. The zero-order valence-corrected chi connectivity index (χ0v) is 18.6. The second-order valence-electron chi connectivity index (χ2n) is 7.93. The summed E-state index contributed by atoms with van der Waals surface area (Å²) in [6.45, 7) is 3.45. The molecule has 3 aromatic heterocycles. The van der Waals surface area contributed by atoms with Crippen molar-refractivity contribution in [1.82, 2.24) is 29.6 Å². The Morgan fingerprint density at radius 3 is 2.76 bits per heavy atom. The van der Waals surface area contributed by atoms with E-state index in [4.69, 9.17) is 11.6 Å². The number of benzene rings is 1. The molecule has 9 nitrogen and oxygen atoms in total. The maximum atomic E-state index is 14.9. The number of imidazole rings is 1.